The van der Waals surface area contributed by atoms with Gasteiger partial charge in [-0.25, -0.2) is 0 Å². The van der Waals surface area contributed by atoms with Gasteiger partial charge in [0.1, 0.15) is 5.75 Å². The van der Waals surface area contributed by atoms with Crippen molar-refractivity contribution in [2.24, 2.45) is 5.92 Å². The van der Waals surface area contributed by atoms with E-state index < -0.39 is 0 Å². The molecule has 1 rings (SSSR count). The lowest BCUT2D eigenvalue weighted by molar-refractivity contribution is 0.150. The van der Waals surface area contributed by atoms with Gasteiger partial charge in [-0.2, -0.15) is 0 Å². The van der Waals surface area contributed by atoms with E-state index in [0.29, 0.717) is 5.92 Å². The monoisotopic (exact) mass is 194 g/mol. The molecule has 0 unspecified atom stereocenters. The minimum Gasteiger partial charge on any atom is -0.497 e. The summed E-state index contributed by atoms with van der Waals surface area (Å²) in [7, 11) is 1.63. The van der Waals surface area contributed by atoms with Gasteiger partial charge in [0.25, 0.3) is 0 Å². The molecule has 1 aromatic rings. The molecule has 0 aliphatic heterocycles. The standard InChI is InChI=1S/C12H18O2/c1-9(2)7-12(13)10-5-4-6-11(8-10)14-3/h4-6,8-9,12-13H,7H2,1-3H3/t12-/m0/s1. The van der Waals surface area contributed by atoms with Crippen molar-refractivity contribution in [2.45, 2.75) is 26.4 Å². The van der Waals surface area contributed by atoms with Crippen molar-refractivity contribution in [1.82, 2.24) is 0 Å². The maximum absolute atomic E-state index is 9.86. The van der Waals surface area contributed by atoms with E-state index in [1.807, 2.05) is 24.3 Å². The molecule has 0 fully saturated rings. The third kappa shape index (κ3) is 3.04. The van der Waals surface area contributed by atoms with Crippen LogP contribution in [0.5, 0.6) is 5.75 Å². The van der Waals surface area contributed by atoms with Gasteiger partial charge >= 0.3 is 0 Å². The molecule has 0 amide bonds. The summed E-state index contributed by atoms with van der Waals surface area (Å²) >= 11 is 0. The lowest BCUT2D eigenvalue weighted by Gasteiger charge is -2.13. The first-order valence-corrected chi connectivity index (χ1v) is 4.95. The minimum atomic E-state index is -0.384. The zero-order valence-corrected chi connectivity index (χ0v) is 9.03. The highest BCUT2D eigenvalue weighted by Gasteiger charge is 2.09. The maximum atomic E-state index is 9.86. The molecule has 0 saturated heterocycles. The fraction of sp³-hybridized carbons (Fsp3) is 0.500. The summed E-state index contributed by atoms with van der Waals surface area (Å²) in [5.41, 5.74) is 0.929. The number of benzene rings is 1. The Morgan fingerprint density at radius 3 is 2.64 bits per heavy atom. The van der Waals surface area contributed by atoms with Crippen molar-refractivity contribution in [3.05, 3.63) is 29.8 Å². The largest absolute Gasteiger partial charge is 0.497 e. The average molecular weight is 194 g/mol. The zero-order valence-electron chi connectivity index (χ0n) is 9.03. The SMILES string of the molecule is COc1cccc([C@@H](O)CC(C)C)c1. The summed E-state index contributed by atoms with van der Waals surface area (Å²) in [5.74, 6) is 1.29. The topological polar surface area (TPSA) is 29.5 Å². The number of methoxy groups -OCH3 is 1. The van der Waals surface area contributed by atoms with E-state index in [-0.39, 0.29) is 6.10 Å². The fourth-order valence-corrected chi connectivity index (χ4v) is 1.43. The number of hydrogen-bond donors (Lipinski definition) is 1. The number of aliphatic hydroxyl groups excluding tert-OH is 1. The van der Waals surface area contributed by atoms with Crippen LogP contribution >= 0.6 is 0 Å². The summed E-state index contributed by atoms with van der Waals surface area (Å²) in [6.45, 7) is 4.20. The highest BCUT2D eigenvalue weighted by Crippen LogP contribution is 2.23. The van der Waals surface area contributed by atoms with Crippen LogP contribution in [0.2, 0.25) is 0 Å². The van der Waals surface area contributed by atoms with Gasteiger partial charge in [-0.3, -0.25) is 0 Å². The molecule has 0 saturated carbocycles. The first kappa shape index (κ1) is 11.1. The van der Waals surface area contributed by atoms with Crippen LogP contribution in [-0.4, -0.2) is 12.2 Å². The molecule has 78 valence electrons. The van der Waals surface area contributed by atoms with Crippen molar-refractivity contribution in [3.63, 3.8) is 0 Å². The molecule has 1 N–H and O–H groups in total. The van der Waals surface area contributed by atoms with Crippen LogP contribution in [0.15, 0.2) is 24.3 Å². The van der Waals surface area contributed by atoms with Crippen molar-refractivity contribution < 1.29 is 9.84 Å². The average Bonchev–Trinajstić information content (AvgIpc) is 2.17. The molecule has 0 heterocycles. The molecule has 0 spiro atoms. The van der Waals surface area contributed by atoms with Crippen LogP contribution in [0.3, 0.4) is 0 Å². The van der Waals surface area contributed by atoms with Gasteiger partial charge in [0, 0.05) is 0 Å². The molecule has 14 heavy (non-hydrogen) atoms. The van der Waals surface area contributed by atoms with Crippen molar-refractivity contribution in [1.29, 1.82) is 0 Å². The molecule has 1 atom stereocenters. The summed E-state index contributed by atoms with van der Waals surface area (Å²) in [6, 6.07) is 7.59. The van der Waals surface area contributed by atoms with Crippen LogP contribution in [0, 0.1) is 5.92 Å². The van der Waals surface area contributed by atoms with E-state index in [1.165, 1.54) is 0 Å². The van der Waals surface area contributed by atoms with Gasteiger partial charge in [-0.05, 0) is 30.0 Å². The first-order valence-electron chi connectivity index (χ1n) is 4.95. The lowest BCUT2D eigenvalue weighted by atomic mass is 9.99. The quantitative estimate of drug-likeness (QED) is 0.798. The van der Waals surface area contributed by atoms with Crippen LogP contribution in [0.25, 0.3) is 0 Å². The zero-order chi connectivity index (χ0) is 10.6. The second-order valence-corrected chi connectivity index (χ2v) is 3.92. The van der Waals surface area contributed by atoms with E-state index in [0.717, 1.165) is 17.7 Å². The number of rotatable bonds is 4. The fourth-order valence-electron chi connectivity index (χ4n) is 1.43. The summed E-state index contributed by atoms with van der Waals surface area (Å²) in [5, 5.41) is 9.86. The van der Waals surface area contributed by atoms with E-state index in [9.17, 15) is 5.11 Å². The van der Waals surface area contributed by atoms with E-state index in [1.54, 1.807) is 7.11 Å². The Morgan fingerprint density at radius 1 is 1.36 bits per heavy atom. The molecule has 0 aliphatic rings. The molecule has 0 aromatic heterocycles. The van der Waals surface area contributed by atoms with Crippen molar-refractivity contribution in [3.8, 4) is 5.75 Å². The summed E-state index contributed by atoms with van der Waals surface area (Å²) < 4.78 is 5.10. The van der Waals surface area contributed by atoms with E-state index in [4.69, 9.17) is 4.74 Å². The van der Waals surface area contributed by atoms with Crippen LogP contribution < -0.4 is 4.74 Å². The Balaban J connectivity index is 2.73. The molecule has 0 radical (unpaired) electrons. The molecule has 0 bridgehead atoms. The first-order chi connectivity index (χ1) is 6.63. The number of hydrogen-bond acceptors (Lipinski definition) is 2. The van der Waals surface area contributed by atoms with E-state index in [2.05, 4.69) is 13.8 Å². The molecule has 1 aromatic carbocycles. The second kappa shape index (κ2) is 5.01. The van der Waals surface area contributed by atoms with Crippen molar-refractivity contribution >= 4 is 0 Å². The summed E-state index contributed by atoms with van der Waals surface area (Å²) in [4.78, 5) is 0. The van der Waals surface area contributed by atoms with Gasteiger partial charge in [-0.15, -0.1) is 0 Å². The number of aliphatic hydroxyl groups is 1. The van der Waals surface area contributed by atoms with Gasteiger partial charge in [0.15, 0.2) is 0 Å². The normalized spacial score (nSPS) is 12.9. The molecular weight excluding hydrogens is 176 g/mol. The predicted octanol–water partition coefficient (Wildman–Crippen LogP) is 2.77. The Labute approximate surface area is 85.5 Å². The van der Waals surface area contributed by atoms with Gasteiger partial charge < -0.3 is 9.84 Å². The Kier molecular flexibility index (Phi) is 3.96. The Hall–Kier alpha value is -1.02. The van der Waals surface area contributed by atoms with Crippen LogP contribution in [0.1, 0.15) is 31.9 Å². The van der Waals surface area contributed by atoms with Crippen LogP contribution in [-0.2, 0) is 0 Å². The lowest BCUT2D eigenvalue weighted by Crippen LogP contribution is -2.01. The smallest absolute Gasteiger partial charge is 0.119 e. The van der Waals surface area contributed by atoms with Crippen molar-refractivity contribution in [2.75, 3.05) is 7.11 Å². The third-order valence-corrected chi connectivity index (χ3v) is 2.17. The maximum Gasteiger partial charge on any atom is 0.119 e. The molecule has 2 heteroatoms. The number of ether oxygens (including phenoxy) is 1. The molecular formula is C12H18O2. The summed E-state index contributed by atoms with van der Waals surface area (Å²) in [6.07, 6.45) is 0.401. The predicted molar refractivity (Wildman–Crippen MR) is 57.4 cm³/mol. The molecule has 0 aliphatic carbocycles. The Morgan fingerprint density at radius 2 is 2.07 bits per heavy atom. The van der Waals surface area contributed by atoms with E-state index >= 15 is 0 Å². The van der Waals surface area contributed by atoms with Gasteiger partial charge in [0.2, 0.25) is 0 Å². The molecule has 2 nitrogen and oxygen atoms in total. The van der Waals surface area contributed by atoms with Gasteiger partial charge in [0.05, 0.1) is 13.2 Å². The third-order valence-electron chi connectivity index (χ3n) is 2.17. The second-order valence-electron chi connectivity index (χ2n) is 3.92. The minimum absolute atomic E-state index is 0.384. The highest BCUT2D eigenvalue weighted by molar-refractivity contribution is 5.29. The van der Waals surface area contributed by atoms with Crippen LogP contribution in [0.4, 0.5) is 0 Å². The highest BCUT2D eigenvalue weighted by atomic mass is 16.5. The van der Waals surface area contributed by atoms with Gasteiger partial charge in [-0.1, -0.05) is 26.0 Å². The Bertz CT molecular complexity index is 281.